The Balaban J connectivity index is 1.61. The summed E-state index contributed by atoms with van der Waals surface area (Å²) >= 11 is 3.02. The number of carbonyl (C=O) groups is 1. The Morgan fingerprint density at radius 1 is 1.10 bits per heavy atom. The van der Waals surface area contributed by atoms with Gasteiger partial charge in [0.05, 0.1) is 35.3 Å². The maximum Gasteiger partial charge on any atom is 0.239 e. The molecule has 0 radical (unpaired) electrons. The third kappa shape index (κ3) is 4.75. The van der Waals surface area contributed by atoms with Crippen LogP contribution < -0.4 is 9.64 Å². The van der Waals surface area contributed by atoms with E-state index in [-0.39, 0.29) is 5.91 Å². The summed E-state index contributed by atoms with van der Waals surface area (Å²) in [5.74, 6) is 1.07. The third-order valence-corrected chi connectivity index (χ3v) is 6.32. The molecule has 2 heterocycles. The molecule has 1 amide bonds. The quantitative estimate of drug-likeness (QED) is 0.392. The van der Waals surface area contributed by atoms with Crippen molar-refractivity contribution in [1.82, 2.24) is 9.97 Å². The standard InChI is InChI=1S/C22H19N3O2S2/c1-27-17-10-11-20-19(13-17)24-22(29-20)25(14-16-7-5-6-12-23-16)21(26)15-28-18-8-3-2-4-9-18/h2-13H,14-15H2,1H3. The lowest BCUT2D eigenvalue weighted by Gasteiger charge is -2.19. The second-order valence-electron chi connectivity index (χ2n) is 6.23. The van der Waals surface area contributed by atoms with Crippen LogP contribution in [0.3, 0.4) is 0 Å². The highest BCUT2D eigenvalue weighted by atomic mass is 32.2. The van der Waals surface area contributed by atoms with E-state index in [2.05, 4.69) is 4.98 Å². The molecule has 0 bridgehead atoms. The van der Waals surface area contributed by atoms with Crippen molar-refractivity contribution in [1.29, 1.82) is 0 Å². The Labute approximate surface area is 177 Å². The maximum atomic E-state index is 13.1. The molecule has 0 N–H and O–H groups in total. The number of thiazole rings is 1. The number of amides is 1. The number of anilines is 1. The van der Waals surface area contributed by atoms with Crippen molar-refractivity contribution in [3.05, 3.63) is 78.6 Å². The van der Waals surface area contributed by atoms with E-state index in [9.17, 15) is 4.79 Å². The fraction of sp³-hybridized carbons (Fsp3) is 0.136. The lowest BCUT2D eigenvalue weighted by Crippen LogP contribution is -2.32. The van der Waals surface area contributed by atoms with Crippen LogP contribution in [0.15, 0.2) is 77.8 Å². The highest BCUT2D eigenvalue weighted by molar-refractivity contribution is 8.00. The fourth-order valence-corrected chi connectivity index (χ4v) is 4.55. The van der Waals surface area contributed by atoms with Crippen LogP contribution in [0.1, 0.15) is 5.69 Å². The summed E-state index contributed by atoms with van der Waals surface area (Å²) in [5, 5.41) is 0.664. The van der Waals surface area contributed by atoms with Gasteiger partial charge in [0.2, 0.25) is 5.91 Å². The SMILES string of the molecule is COc1ccc2sc(N(Cc3ccccn3)C(=O)CSc3ccccc3)nc2c1. The van der Waals surface area contributed by atoms with Crippen LogP contribution in [0.2, 0.25) is 0 Å². The van der Waals surface area contributed by atoms with Crippen molar-refractivity contribution in [3.8, 4) is 5.75 Å². The Morgan fingerprint density at radius 3 is 2.69 bits per heavy atom. The number of benzene rings is 2. The predicted octanol–water partition coefficient (Wildman–Crippen LogP) is 5.03. The van der Waals surface area contributed by atoms with Gasteiger partial charge in [0.1, 0.15) is 5.75 Å². The van der Waals surface area contributed by atoms with Crippen LogP contribution in [0.5, 0.6) is 5.75 Å². The number of hydrogen-bond acceptors (Lipinski definition) is 6. The largest absolute Gasteiger partial charge is 0.497 e. The maximum absolute atomic E-state index is 13.1. The van der Waals surface area contributed by atoms with Crippen molar-refractivity contribution in [2.45, 2.75) is 11.4 Å². The third-order valence-electron chi connectivity index (χ3n) is 4.27. The highest BCUT2D eigenvalue weighted by Crippen LogP contribution is 2.32. The lowest BCUT2D eigenvalue weighted by atomic mass is 10.3. The number of rotatable bonds is 7. The number of aromatic nitrogens is 2. The molecule has 0 atom stereocenters. The minimum atomic E-state index is -0.00414. The molecule has 0 saturated carbocycles. The Kier molecular flexibility index (Phi) is 6.07. The normalized spacial score (nSPS) is 10.8. The van der Waals surface area contributed by atoms with Gasteiger partial charge < -0.3 is 4.74 Å². The number of nitrogens with zero attached hydrogens (tertiary/aromatic N) is 3. The second-order valence-corrected chi connectivity index (χ2v) is 8.29. The first kappa shape index (κ1) is 19.4. The molecule has 4 rings (SSSR count). The van der Waals surface area contributed by atoms with E-state index in [4.69, 9.17) is 9.72 Å². The van der Waals surface area contributed by atoms with E-state index in [1.54, 1.807) is 18.2 Å². The molecule has 2 aromatic carbocycles. The predicted molar refractivity (Wildman–Crippen MR) is 119 cm³/mol. The summed E-state index contributed by atoms with van der Waals surface area (Å²) in [6, 6.07) is 21.4. The molecule has 0 unspecified atom stereocenters. The van der Waals surface area contributed by atoms with Gasteiger partial charge in [-0.15, -0.1) is 11.8 Å². The van der Waals surface area contributed by atoms with Crippen LogP contribution in [0.25, 0.3) is 10.2 Å². The molecule has 0 spiro atoms. The summed E-state index contributed by atoms with van der Waals surface area (Å²) in [7, 11) is 1.63. The molecular formula is C22H19N3O2S2. The molecule has 0 aliphatic carbocycles. The van der Waals surface area contributed by atoms with Gasteiger partial charge in [0, 0.05) is 17.2 Å². The van der Waals surface area contributed by atoms with Gasteiger partial charge in [-0.05, 0) is 36.4 Å². The number of pyridine rings is 1. The number of hydrogen-bond donors (Lipinski definition) is 0. The molecule has 0 fully saturated rings. The van der Waals surface area contributed by atoms with E-state index in [1.165, 1.54) is 23.1 Å². The molecule has 29 heavy (non-hydrogen) atoms. The van der Waals surface area contributed by atoms with Crippen molar-refractivity contribution in [2.75, 3.05) is 17.8 Å². The van der Waals surface area contributed by atoms with Gasteiger partial charge in [0.15, 0.2) is 5.13 Å². The summed E-state index contributed by atoms with van der Waals surface area (Å²) < 4.78 is 6.30. The molecular weight excluding hydrogens is 402 g/mol. The van der Waals surface area contributed by atoms with Gasteiger partial charge in [-0.2, -0.15) is 0 Å². The van der Waals surface area contributed by atoms with E-state index >= 15 is 0 Å². The Hall–Kier alpha value is -2.90. The van der Waals surface area contributed by atoms with E-state index < -0.39 is 0 Å². The van der Waals surface area contributed by atoms with E-state index in [0.717, 1.165) is 26.6 Å². The van der Waals surface area contributed by atoms with Crippen molar-refractivity contribution >= 4 is 44.4 Å². The number of methoxy groups -OCH3 is 1. The first-order chi connectivity index (χ1) is 14.2. The molecule has 2 aromatic heterocycles. The molecule has 5 nitrogen and oxygen atoms in total. The molecule has 0 aliphatic rings. The average Bonchev–Trinajstić information content (AvgIpc) is 3.20. The minimum Gasteiger partial charge on any atom is -0.497 e. The Bertz CT molecular complexity index is 1100. The van der Waals surface area contributed by atoms with Crippen LogP contribution in [0, 0.1) is 0 Å². The van der Waals surface area contributed by atoms with Crippen LogP contribution in [-0.2, 0) is 11.3 Å². The zero-order chi connectivity index (χ0) is 20.1. The van der Waals surface area contributed by atoms with Crippen molar-refractivity contribution < 1.29 is 9.53 Å². The molecule has 4 aromatic rings. The van der Waals surface area contributed by atoms with Gasteiger partial charge in [0.25, 0.3) is 0 Å². The topological polar surface area (TPSA) is 55.3 Å². The fourth-order valence-electron chi connectivity index (χ4n) is 2.79. The van der Waals surface area contributed by atoms with Crippen molar-refractivity contribution in [2.24, 2.45) is 0 Å². The van der Waals surface area contributed by atoms with Gasteiger partial charge in [-0.3, -0.25) is 14.7 Å². The molecule has 146 valence electrons. The van der Waals surface area contributed by atoms with Crippen molar-refractivity contribution in [3.63, 3.8) is 0 Å². The Morgan fingerprint density at radius 2 is 1.93 bits per heavy atom. The minimum absolute atomic E-state index is 0.00414. The van der Waals surface area contributed by atoms with Crippen LogP contribution in [-0.4, -0.2) is 28.7 Å². The van der Waals surface area contributed by atoms with Gasteiger partial charge in [-0.1, -0.05) is 35.6 Å². The number of thioether (sulfide) groups is 1. The van der Waals surface area contributed by atoms with E-state index in [1.807, 2.05) is 66.7 Å². The monoisotopic (exact) mass is 421 g/mol. The molecule has 0 saturated heterocycles. The molecule has 0 aliphatic heterocycles. The highest BCUT2D eigenvalue weighted by Gasteiger charge is 2.21. The number of fused-ring (bicyclic) bond motifs is 1. The van der Waals surface area contributed by atoms with Crippen LogP contribution in [0.4, 0.5) is 5.13 Å². The summed E-state index contributed by atoms with van der Waals surface area (Å²) in [5.41, 5.74) is 1.64. The molecule has 7 heteroatoms. The number of ether oxygens (including phenoxy) is 1. The summed E-state index contributed by atoms with van der Waals surface area (Å²) in [4.78, 5) is 25.0. The summed E-state index contributed by atoms with van der Waals surface area (Å²) in [6.07, 6.45) is 1.74. The van der Waals surface area contributed by atoms with Gasteiger partial charge in [-0.25, -0.2) is 4.98 Å². The first-order valence-corrected chi connectivity index (χ1v) is 10.9. The smallest absolute Gasteiger partial charge is 0.239 e. The summed E-state index contributed by atoms with van der Waals surface area (Å²) in [6.45, 7) is 0.381. The second kappa shape index (κ2) is 9.07. The van der Waals surface area contributed by atoms with Crippen LogP contribution >= 0.6 is 23.1 Å². The first-order valence-electron chi connectivity index (χ1n) is 9.05. The zero-order valence-corrected chi connectivity index (χ0v) is 17.5. The zero-order valence-electron chi connectivity index (χ0n) is 15.8. The lowest BCUT2D eigenvalue weighted by molar-refractivity contribution is -0.116. The van der Waals surface area contributed by atoms with Gasteiger partial charge >= 0.3 is 0 Å². The average molecular weight is 422 g/mol. The number of carbonyl (C=O) groups excluding carboxylic acids is 1. The van der Waals surface area contributed by atoms with E-state index in [0.29, 0.717) is 17.4 Å².